The molecular weight excluding hydrogens is 480 g/mol. The maximum Gasteiger partial charge on any atom is 0.271 e. The second kappa shape index (κ2) is 8.44. The van der Waals surface area contributed by atoms with Crippen LogP contribution >= 0.6 is 23.2 Å². The van der Waals surface area contributed by atoms with Crippen LogP contribution in [0.1, 0.15) is 16.2 Å². The summed E-state index contributed by atoms with van der Waals surface area (Å²) < 4.78 is 16.9. The van der Waals surface area contributed by atoms with Crippen LogP contribution in [0.2, 0.25) is 10.0 Å². The molecule has 0 fully saturated rings. The van der Waals surface area contributed by atoms with Crippen LogP contribution in [0, 0.1) is 12.7 Å². The van der Waals surface area contributed by atoms with Crippen LogP contribution in [0.25, 0.3) is 22.7 Å². The molecule has 0 saturated heterocycles. The number of primary amides is 1. The molecule has 0 saturated carbocycles. The van der Waals surface area contributed by atoms with Gasteiger partial charge in [0.2, 0.25) is 0 Å². The van der Waals surface area contributed by atoms with Crippen molar-refractivity contribution < 1.29 is 9.18 Å². The van der Waals surface area contributed by atoms with Crippen molar-refractivity contribution in [2.45, 2.75) is 6.92 Å². The highest BCUT2D eigenvalue weighted by atomic mass is 35.5. The average Bonchev–Trinajstić information content (AvgIpc) is 3.39. The third kappa shape index (κ3) is 3.85. The molecule has 0 aliphatic heterocycles. The molecule has 0 spiro atoms. The van der Waals surface area contributed by atoms with Gasteiger partial charge in [0.05, 0.1) is 51.4 Å². The number of aromatic nitrogens is 5. The largest absolute Gasteiger partial charge is 0.364 e. The molecule has 0 bridgehead atoms. The van der Waals surface area contributed by atoms with Gasteiger partial charge >= 0.3 is 0 Å². The van der Waals surface area contributed by atoms with Crippen LogP contribution in [0.15, 0.2) is 61.1 Å². The smallest absolute Gasteiger partial charge is 0.271 e. The molecule has 0 aliphatic carbocycles. The van der Waals surface area contributed by atoms with Crippen molar-refractivity contribution in [3.8, 4) is 17.1 Å². The number of rotatable bonds is 5. The number of halogens is 3. The van der Waals surface area contributed by atoms with E-state index in [4.69, 9.17) is 28.9 Å². The van der Waals surface area contributed by atoms with Crippen molar-refractivity contribution in [2.24, 2.45) is 5.73 Å². The van der Waals surface area contributed by atoms with E-state index in [-0.39, 0.29) is 21.4 Å². The minimum Gasteiger partial charge on any atom is -0.364 e. The highest BCUT2D eigenvalue weighted by Gasteiger charge is 2.19. The molecule has 170 valence electrons. The Kier molecular flexibility index (Phi) is 5.43. The Bertz CT molecular complexity index is 1540. The number of aryl methyl sites for hydroxylation is 1. The molecule has 5 rings (SSSR count). The molecule has 0 atom stereocenters. The first-order chi connectivity index (χ1) is 16.3. The Hall–Kier alpha value is -3.95. The monoisotopic (exact) mass is 495 g/mol. The number of benzene rings is 1. The number of hydrogen-bond acceptors (Lipinski definition) is 5. The van der Waals surface area contributed by atoms with E-state index in [0.29, 0.717) is 11.4 Å². The Balaban J connectivity index is 1.48. The normalized spacial score (nSPS) is 11.2. The van der Waals surface area contributed by atoms with E-state index in [1.165, 1.54) is 10.9 Å². The topological polar surface area (TPSA) is 103 Å². The minimum absolute atomic E-state index is 0.0319. The number of nitrogens with zero attached hydrogens (tertiary/aromatic N) is 5. The summed E-state index contributed by atoms with van der Waals surface area (Å²) in [5.41, 5.74) is 10.0. The van der Waals surface area contributed by atoms with Crippen molar-refractivity contribution in [2.75, 3.05) is 5.32 Å². The summed E-state index contributed by atoms with van der Waals surface area (Å²) >= 11 is 12.3. The zero-order chi connectivity index (χ0) is 24.0. The molecular formula is C23H16Cl2FN7O. The minimum atomic E-state index is -0.763. The van der Waals surface area contributed by atoms with Gasteiger partial charge in [-0.3, -0.25) is 14.2 Å². The number of pyridine rings is 2. The molecule has 11 heteroatoms. The van der Waals surface area contributed by atoms with Crippen molar-refractivity contribution >= 4 is 46.1 Å². The fraction of sp³-hybridized carbons (Fsp3) is 0.0435. The number of amides is 1. The number of nitrogens with two attached hydrogens (primary N) is 1. The average molecular weight is 496 g/mol. The van der Waals surface area contributed by atoms with Crippen LogP contribution in [-0.4, -0.2) is 30.1 Å². The lowest BCUT2D eigenvalue weighted by molar-refractivity contribution is 0.0996. The standard InChI is InChI=1S/C23H16Cl2FN7O/c1-12-3-2-4-20-29-10-19(33(12)20)17-6-5-14(9-28-17)30-18-11-32(31-21(18)23(27)34)22-15(24)7-13(26)8-16(22)25/h2-11,30H,1H3,(H2,27,34). The molecule has 34 heavy (non-hydrogen) atoms. The number of hydrogen-bond donors (Lipinski definition) is 2. The zero-order valence-corrected chi connectivity index (χ0v) is 19.1. The molecule has 0 aliphatic rings. The van der Waals surface area contributed by atoms with Gasteiger partial charge in [-0.25, -0.2) is 14.1 Å². The second-order valence-electron chi connectivity index (χ2n) is 7.48. The summed E-state index contributed by atoms with van der Waals surface area (Å²) in [6.45, 7) is 2.00. The van der Waals surface area contributed by atoms with Gasteiger partial charge in [0.1, 0.15) is 17.2 Å². The number of anilines is 2. The summed E-state index contributed by atoms with van der Waals surface area (Å²) in [7, 11) is 0. The van der Waals surface area contributed by atoms with Crippen LogP contribution in [0.3, 0.4) is 0 Å². The first-order valence-corrected chi connectivity index (χ1v) is 10.8. The van der Waals surface area contributed by atoms with Crippen molar-refractivity contribution in [1.82, 2.24) is 24.1 Å². The Labute approximate surface area is 202 Å². The Morgan fingerprint density at radius 3 is 2.53 bits per heavy atom. The maximum atomic E-state index is 13.6. The third-order valence-electron chi connectivity index (χ3n) is 5.19. The van der Waals surface area contributed by atoms with E-state index in [1.54, 1.807) is 18.5 Å². The van der Waals surface area contributed by atoms with E-state index in [9.17, 15) is 9.18 Å². The predicted molar refractivity (Wildman–Crippen MR) is 129 cm³/mol. The number of fused-ring (bicyclic) bond motifs is 1. The fourth-order valence-corrected chi connectivity index (χ4v) is 4.31. The van der Waals surface area contributed by atoms with Crippen LogP contribution in [0.5, 0.6) is 0 Å². The number of imidazole rings is 1. The van der Waals surface area contributed by atoms with E-state index in [0.717, 1.165) is 34.9 Å². The SMILES string of the molecule is Cc1cccc2ncc(-c3ccc(Nc4cn(-c5c(Cl)cc(F)cc5Cl)nc4C(N)=O)cn3)n12. The van der Waals surface area contributed by atoms with Crippen molar-refractivity contribution in [3.05, 3.63) is 88.3 Å². The quantitative estimate of drug-likeness (QED) is 0.349. The van der Waals surface area contributed by atoms with Gasteiger partial charge in [-0.2, -0.15) is 5.10 Å². The molecule has 5 aromatic rings. The third-order valence-corrected chi connectivity index (χ3v) is 5.76. The Morgan fingerprint density at radius 2 is 1.85 bits per heavy atom. The van der Waals surface area contributed by atoms with Gasteiger partial charge in [-0.05, 0) is 43.3 Å². The maximum absolute atomic E-state index is 13.6. The molecule has 4 aromatic heterocycles. The van der Waals surface area contributed by atoms with Crippen molar-refractivity contribution in [3.63, 3.8) is 0 Å². The summed E-state index contributed by atoms with van der Waals surface area (Å²) in [6.07, 6.45) is 4.88. The summed E-state index contributed by atoms with van der Waals surface area (Å²) in [5, 5.41) is 7.34. The van der Waals surface area contributed by atoms with Gasteiger partial charge in [0.25, 0.3) is 5.91 Å². The lowest BCUT2D eigenvalue weighted by Crippen LogP contribution is -2.14. The number of carbonyl (C=O) groups is 1. The summed E-state index contributed by atoms with van der Waals surface area (Å²) in [5.74, 6) is -1.35. The van der Waals surface area contributed by atoms with E-state index in [1.807, 2.05) is 35.6 Å². The first-order valence-electron chi connectivity index (χ1n) is 10.0. The first kappa shape index (κ1) is 21.9. The fourth-order valence-electron chi connectivity index (χ4n) is 3.67. The van der Waals surface area contributed by atoms with Crippen molar-refractivity contribution in [1.29, 1.82) is 0 Å². The van der Waals surface area contributed by atoms with E-state index < -0.39 is 11.7 Å². The molecule has 3 N–H and O–H groups in total. The lowest BCUT2D eigenvalue weighted by atomic mass is 10.2. The summed E-state index contributed by atoms with van der Waals surface area (Å²) in [6, 6.07) is 11.7. The predicted octanol–water partition coefficient (Wildman–Crippen LogP) is 5.18. The van der Waals surface area contributed by atoms with Gasteiger partial charge in [0, 0.05) is 5.69 Å². The molecule has 1 aromatic carbocycles. The van der Waals surface area contributed by atoms with E-state index in [2.05, 4.69) is 20.4 Å². The lowest BCUT2D eigenvalue weighted by Gasteiger charge is -2.08. The van der Waals surface area contributed by atoms with Gasteiger partial charge in [-0.15, -0.1) is 0 Å². The second-order valence-corrected chi connectivity index (χ2v) is 8.29. The van der Waals surface area contributed by atoms with Crippen LogP contribution in [0.4, 0.5) is 15.8 Å². The molecule has 0 unspecified atom stereocenters. The summed E-state index contributed by atoms with van der Waals surface area (Å²) in [4.78, 5) is 21.0. The molecule has 1 amide bonds. The van der Waals surface area contributed by atoms with E-state index >= 15 is 0 Å². The number of carbonyl (C=O) groups excluding carboxylic acids is 1. The zero-order valence-electron chi connectivity index (χ0n) is 17.6. The molecule has 4 heterocycles. The highest BCUT2D eigenvalue weighted by molar-refractivity contribution is 6.37. The van der Waals surface area contributed by atoms with Crippen LogP contribution < -0.4 is 11.1 Å². The van der Waals surface area contributed by atoms with Gasteiger partial charge in [0.15, 0.2) is 5.69 Å². The highest BCUT2D eigenvalue weighted by Crippen LogP contribution is 2.32. The van der Waals surface area contributed by atoms with Gasteiger partial charge < -0.3 is 11.1 Å². The number of nitrogens with one attached hydrogen (secondary N) is 1. The molecule has 8 nitrogen and oxygen atoms in total. The molecule has 0 radical (unpaired) electrons. The van der Waals surface area contributed by atoms with Crippen LogP contribution in [-0.2, 0) is 0 Å². The van der Waals surface area contributed by atoms with Gasteiger partial charge in [-0.1, -0.05) is 29.3 Å². The Morgan fingerprint density at radius 1 is 1.09 bits per heavy atom.